The van der Waals surface area contributed by atoms with Gasteiger partial charge in [-0.3, -0.25) is 14.5 Å². The first kappa shape index (κ1) is 21.2. The highest BCUT2D eigenvalue weighted by atomic mass is 35.5. The van der Waals surface area contributed by atoms with E-state index in [1.165, 1.54) is 6.07 Å². The molecule has 2 aromatic rings. The Labute approximate surface area is 174 Å². The molecule has 29 heavy (non-hydrogen) atoms. The summed E-state index contributed by atoms with van der Waals surface area (Å²) in [6.07, 6.45) is 0.109. The first-order valence-electron chi connectivity index (χ1n) is 9.43. The van der Waals surface area contributed by atoms with E-state index < -0.39 is 11.7 Å². The Balaban J connectivity index is 1.45. The molecule has 154 valence electrons. The number of amides is 2. The summed E-state index contributed by atoms with van der Waals surface area (Å²) in [5.41, 5.74) is 2.00. The van der Waals surface area contributed by atoms with Crippen LogP contribution in [0.5, 0.6) is 0 Å². The first-order chi connectivity index (χ1) is 14.0. The fourth-order valence-electron chi connectivity index (χ4n) is 3.05. The molecule has 2 amide bonds. The van der Waals surface area contributed by atoms with E-state index in [4.69, 9.17) is 16.3 Å². The normalized spacial score (nSPS) is 14.4. The summed E-state index contributed by atoms with van der Waals surface area (Å²) in [6.45, 7) is 4.23. The van der Waals surface area contributed by atoms with Crippen LogP contribution in [0, 0.1) is 5.82 Å². The van der Waals surface area contributed by atoms with Gasteiger partial charge in [-0.1, -0.05) is 23.7 Å². The van der Waals surface area contributed by atoms with Gasteiger partial charge >= 0.3 is 0 Å². The van der Waals surface area contributed by atoms with Gasteiger partial charge in [-0.2, -0.15) is 0 Å². The minimum absolute atomic E-state index is 0.0315. The molecule has 0 spiro atoms. The van der Waals surface area contributed by atoms with Gasteiger partial charge < -0.3 is 15.4 Å². The maximum absolute atomic E-state index is 13.1. The number of rotatable bonds is 7. The van der Waals surface area contributed by atoms with Crippen molar-refractivity contribution in [2.75, 3.05) is 38.2 Å². The molecule has 0 unspecified atom stereocenters. The molecule has 1 aliphatic heterocycles. The smallest absolute Gasteiger partial charge is 0.252 e. The molecule has 1 heterocycles. The molecule has 0 aromatic heterocycles. The molecule has 1 fully saturated rings. The first-order valence-corrected chi connectivity index (χ1v) is 9.81. The second kappa shape index (κ2) is 10.3. The minimum atomic E-state index is -0.512. The van der Waals surface area contributed by atoms with Crippen LogP contribution in [0.25, 0.3) is 0 Å². The third kappa shape index (κ3) is 6.52. The summed E-state index contributed by atoms with van der Waals surface area (Å²) >= 11 is 5.87. The molecule has 2 N–H and O–H groups in total. The van der Waals surface area contributed by atoms with E-state index in [1.807, 2.05) is 24.3 Å². The Morgan fingerprint density at radius 3 is 2.69 bits per heavy atom. The zero-order valence-corrected chi connectivity index (χ0v) is 16.7. The van der Waals surface area contributed by atoms with Crippen molar-refractivity contribution in [3.05, 3.63) is 64.4 Å². The molecular weight excluding hydrogens is 397 g/mol. The molecule has 6 nitrogen and oxygen atoms in total. The fraction of sp³-hybridized carbons (Fsp3) is 0.333. The summed E-state index contributed by atoms with van der Waals surface area (Å²) in [5.74, 6) is -1.17. The summed E-state index contributed by atoms with van der Waals surface area (Å²) < 4.78 is 18.4. The van der Waals surface area contributed by atoms with E-state index in [2.05, 4.69) is 15.5 Å². The summed E-state index contributed by atoms with van der Waals surface area (Å²) in [7, 11) is 0. The van der Waals surface area contributed by atoms with Crippen molar-refractivity contribution < 1.29 is 18.7 Å². The lowest BCUT2D eigenvalue weighted by atomic mass is 10.1. The van der Waals surface area contributed by atoms with Crippen LogP contribution in [0.3, 0.4) is 0 Å². The van der Waals surface area contributed by atoms with Gasteiger partial charge in [-0.25, -0.2) is 4.39 Å². The van der Waals surface area contributed by atoms with Crippen LogP contribution in [0.2, 0.25) is 5.02 Å². The van der Waals surface area contributed by atoms with Gasteiger partial charge in [0.05, 0.1) is 23.8 Å². The summed E-state index contributed by atoms with van der Waals surface area (Å²) in [4.78, 5) is 26.6. The van der Waals surface area contributed by atoms with Crippen molar-refractivity contribution in [3.63, 3.8) is 0 Å². The largest absolute Gasteiger partial charge is 0.379 e. The van der Waals surface area contributed by atoms with Gasteiger partial charge in [0, 0.05) is 38.3 Å². The van der Waals surface area contributed by atoms with Crippen molar-refractivity contribution in [1.29, 1.82) is 0 Å². The Hall–Kier alpha value is -2.48. The van der Waals surface area contributed by atoms with Crippen molar-refractivity contribution in [2.24, 2.45) is 0 Å². The molecular formula is C21H23ClFN3O3. The highest BCUT2D eigenvalue weighted by Crippen LogP contribution is 2.17. The average Bonchev–Trinajstić information content (AvgIpc) is 2.69. The standard InChI is InChI=1S/C21H23ClFN3O3/c22-19-13-16(23)4-5-18(19)21(28)24-7-6-20(27)25-17-3-1-2-15(12-17)14-26-8-10-29-11-9-26/h1-5,12-13H,6-11,14H2,(H,24,28)(H,25,27). The lowest BCUT2D eigenvalue weighted by Crippen LogP contribution is -2.35. The third-order valence-electron chi connectivity index (χ3n) is 4.53. The summed E-state index contributed by atoms with van der Waals surface area (Å²) in [5, 5.41) is 5.49. The Morgan fingerprint density at radius 2 is 1.93 bits per heavy atom. The number of morpholine rings is 1. The average molecular weight is 420 g/mol. The Bertz CT molecular complexity index is 872. The third-order valence-corrected chi connectivity index (χ3v) is 4.85. The molecule has 2 aromatic carbocycles. The second-order valence-corrected chi connectivity index (χ2v) is 7.17. The molecule has 1 saturated heterocycles. The molecule has 0 aliphatic carbocycles. The predicted molar refractivity (Wildman–Crippen MR) is 110 cm³/mol. The number of hydrogen-bond donors (Lipinski definition) is 2. The lowest BCUT2D eigenvalue weighted by Gasteiger charge is -2.26. The minimum Gasteiger partial charge on any atom is -0.379 e. The zero-order chi connectivity index (χ0) is 20.6. The van der Waals surface area contributed by atoms with E-state index in [0.29, 0.717) is 5.69 Å². The van der Waals surface area contributed by atoms with Gasteiger partial charge in [0.15, 0.2) is 0 Å². The van der Waals surface area contributed by atoms with Crippen molar-refractivity contribution in [1.82, 2.24) is 10.2 Å². The number of nitrogens with one attached hydrogen (secondary N) is 2. The quantitative estimate of drug-likeness (QED) is 0.723. The molecule has 8 heteroatoms. The van der Waals surface area contributed by atoms with E-state index in [0.717, 1.165) is 50.5 Å². The van der Waals surface area contributed by atoms with E-state index in [-0.39, 0.29) is 29.5 Å². The van der Waals surface area contributed by atoms with Crippen LogP contribution < -0.4 is 10.6 Å². The van der Waals surface area contributed by atoms with Crippen LogP contribution in [0.1, 0.15) is 22.3 Å². The number of nitrogens with zero attached hydrogens (tertiary/aromatic N) is 1. The molecule has 1 aliphatic rings. The fourth-order valence-corrected chi connectivity index (χ4v) is 3.30. The SMILES string of the molecule is O=C(CCNC(=O)c1ccc(F)cc1Cl)Nc1cccc(CN2CCOCC2)c1. The van der Waals surface area contributed by atoms with E-state index >= 15 is 0 Å². The van der Waals surface area contributed by atoms with Gasteiger partial charge in [-0.05, 0) is 35.9 Å². The molecule has 3 rings (SSSR count). The number of anilines is 1. The number of carbonyl (C=O) groups is 2. The summed E-state index contributed by atoms with van der Waals surface area (Å²) in [6, 6.07) is 11.3. The van der Waals surface area contributed by atoms with Crippen LogP contribution in [0.15, 0.2) is 42.5 Å². The number of benzene rings is 2. The van der Waals surface area contributed by atoms with Crippen molar-refractivity contribution in [3.8, 4) is 0 Å². The van der Waals surface area contributed by atoms with Gasteiger partial charge in [0.25, 0.3) is 5.91 Å². The lowest BCUT2D eigenvalue weighted by molar-refractivity contribution is -0.116. The molecule has 0 atom stereocenters. The Morgan fingerprint density at radius 1 is 1.14 bits per heavy atom. The van der Waals surface area contributed by atoms with E-state index in [9.17, 15) is 14.0 Å². The molecule has 0 bridgehead atoms. The number of ether oxygens (including phenoxy) is 1. The van der Waals surface area contributed by atoms with Crippen LogP contribution in [-0.4, -0.2) is 49.6 Å². The molecule has 0 radical (unpaired) electrons. The van der Waals surface area contributed by atoms with E-state index in [1.54, 1.807) is 0 Å². The zero-order valence-electron chi connectivity index (χ0n) is 15.9. The highest BCUT2D eigenvalue weighted by molar-refractivity contribution is 6.33. The van der Waals surface area contributed by atoms with Gasteiger partial charge in [0.1, 0.15) is 5.82 Å². The maximum Gasteiger partial charge on any atom is 0.252 e. The topological polar surface area (TPSA) is 70.7 Å². The predicted octanol–water partition coefficient (Wildman–Crippen LogP) is 3.07. The van der Waals surface area contributed by atoms with Crippen molar-refractivity contribution in [2.45, 2.75) is 13.0 Å². The van der Waals surface area contributed by atoms with Crippen LogP contribution in [0.4, 0.5) is 10.1 Å². The van der Waals surface area contributed by atoms with Gasteiger partial charge in [-0.15, -0.1) is 0 Å². The maximum atomic E-state index is 13.1. The number of hydrogen-bond acceptors (Lipinski definition) is 4. The molecule has 0 saturated carbocycles. The second-order valence-electron chi connectivity index (χ2n) is 6.77. The van der Waals surface area contributed by atoms with Crippen molar-refractivity contribution >= 4 is 29.1 Å². The monoisotopic (exact) mass is 419 g/mol. The van der Waals surface area contributed by atoms with Gasteiger partial charge in [0.2, 0.25) is 5.91 Å². The number of carbonyl (C=O) groups excluding carboxylic acids is 2. The number of halogens is 2. The Kier molecular flexibility index (Phi) is 7.57. The van der Waals surface area contributed by atoms with Crippen LogP contribution >= 0.6 is 11.6 Å². The van der Waals surface area contributed by atoms with Crippen LogP contribution in [-0.2, 0) is 16.1 Å². The highest BCUT2D eigenvalue weighted by Gasteiger charge is 2.13.